The molecule has 2 fully saturated rings. The molecule has 3 rings (SSSR count). The summed E-state index contributed by atoms with van der Waals surface area (Å²) in [6.45, 7) is 6.06. The average molecular weight is 315 g/mol. The third-order valence-corrected chi connectivity index (χ3v) is 5.75. The molecule has 1 aromatic carbocycles. The highest BCUT2D eigenvalue weighted by Gasteiger charge is 2.54. The SMILES string of the molecule is Cc1ccc([C@H](C)NC(=O)[C@@H]2[C@H]3CC[C@@H](C3)[C@@H]2C(=O)O)c(C)c1. The largest absolute Gasteiger partial charge is 0.481 e. The predicted octanol–water partition coefficient (Wildman–Crippen LogP) is 3.23. The molecule has 5 atom stereocenters. The Hall–Kier alpha value is -1.84. The average Bonchev–Trinajstić information content (AvgIpc) is 3.07. The lowest BCUT2D eigenvalue weighted by atomic mass is 9.78. The Bertz CT molecular complexity index is 640. The molecule has 23 heavy (non-hydrogen) atoms. The maximum Gasteiger partial charge on any atom is 0.307 e. The summed E-state index contributed by atoms with van der Waals surface area (Å²) in [7, 11) is 0. The van der Waals surface area contributed by atoms with Gasteiger partial charge >= 0.3 is 5.97 Å². The van der Waals surface area contributed by atoms with E-state index in [4.69, 9.17) is 0 Å². The number of nitrogens with one attached hydrogen (secondary N) is 1. The van der Waals surface area contributed by atoms with Crippen LogP contribution in [0.4, 0.5) is 0 Å². The molecule has 0 spiro atoms. The second-order valence-electron chi connectivity index (χ2n) is 7.31. The van der Waals surface area contributed by atoms with Gasteiger partial charge in [-0.25, -0.2) is 0 Å². The highest BCUT2D eigenvalue weighted by molar-refractivity contribution is 5.86. The van der Waals surface area contributed by atoms with Gasteiger partial charge in [0, 0.05) is 0 Å². The molecule has 0 aromatic heterocycles. The van der Waals surface area contributed by atoms with Crippen LogP contribution >= 0.6 is 0 Å². The van der Waals surface area contributed by atoms with Gasteiger partial charge in [0.15, 0.2) is 0 Å². The molecule has 1 amide bonds. The Morgan fingerprint density at radius 3 is 2.43 bits per heavy atom. The first-order valence-electron chi connectivity index (χ1n) is 8.48. The standard InChI is InChI=1S/C19H25NO3/c1-10-4-7-15(11(2)8-10)12(3)20-18(21)16-13-5-6-14(9-13)17(16)19(22)23/h4,7-8,12-14,16-17H,5-6,9H2,1-3H3,(H,20,21)(H,22,23)/t12-,13-,14-,16+,17-/m0/s1. The fourth-order valence-electron chi connectivity index (χ4n) is 4.72. The zero-order valence-electron chi connectivity index (χ0n) is 14.0. The van der Waals surface area contributed by atoms with Gasteiger partial charge in [-0.05, 0) is 63.0 Å². The van der Waals surface area contributed by atoms with Crippen molar-refractivity contribution in [2.75, 3.05) is 0 Å². The minimum absolute atomic E-state index is 0.0860. The highest BCUT2D eigenvalue weighted by atomic mass is 16.4. The monoisotopic (exact) mass is 315 g/mol. The number of hydrogen-bond donors (Lipinski definition) is 2. The number of fused-ring (bicyclic) bond motifs is 2. The van der Waals surface area contributed by atoms with E-state index in [1.54, 1.807) is 0 Å². The van der Waals surface area contributed by atoms with E-state index in [2.05, 4.69) is 11.4 Å². The van der Waals surface area contributed by atoms with Crippen molar-refractivity contribution < 1.29 is 14.7 Å². The molecule has 0 aliphatic heterocycles. The molecule has 0 saturated heterocycles. The van der Waals surface area contributed by atoms with E-state index < -0.39 is 11.9 Å². The second kappa shape index (κ2) is 5.99. The van der Waals surface area contributed by atoms with E-state index in [1.807, 2.05) is 32.9 Å². The van der Waals surface area contributed by atoms with Crippen LogP contribution in [0.2, 0.25) is 0 Å². The molecule has 2 saturated carbocycles. The van der Waals surface area contributed by atoms with E-state index in [-0.39, 0.29) is 29.7 Å². The van der Waals surface area contributed by atoms with Crippen LogP contribution in [-0.4, -0.2) is 17.0 Å². The minimum Gasteiger partial charge on any atom is -0.481 e. The Morgan fingerprint density at radius 1 is 1.17 bits per heavy atom. The molecule has 0 unspecified atom stereocenters. The van der Waals surface area contributed by atoms with Gasteiger partial charge in [-0.15, -0.1) is 0 Å². The van der Waals surface area contributed by atoms with Gasteiger partial charge in [0.25, 0.3) is 0 Å². The van der Waals surface area contributed by atoms with Gasteiger partial charge in [0.1, 0.15) is 0 Å². The number of aliphatic carboxylic acids is 1. The maximum atomic E-state index is 12.7. The number of carboxylic acids is 1. The normalized spacial score (nSPS) is 30.2. The fraction of sp³-hybridized carbons (Fsp3) is 0.579. The van der Waals surface area contributed by atoms with Crippen LogP contribution < -0.4 is 5.32 Å². The topological polar surface area (TPSA) is 66.4 Å². The number of carbonyl (C=O) groups excluding carboxylic acids is 1. The van der Waals surface area contributed by atoms with E-state index >= 15 is 0 Å². The molecule has 1 aromatic rings. The van der Waals surface area contributed by atoms with Crippen molar-refractivity contribution in [2.45, 2.75) is 46.1 Å². The smallest absolute Gasteiger partial charge is 0.307 e. The van der Waals surface area contributed by atoms with Gasteiger partial charge in [0.2, 0.25) is 5.91 Å². The molecule has 0 radical (unpaired) electrons. The van der Waals surface area contributed by atoms with Crippen LogP contribution in [0.5, 0.6) is 0 Å². The number of amides is 1. The van der Waals surface area contributed by atoms with Crippen LogP contribution in [0.1, 0.15) is 48.9 Å². The number of hydrogen-bond acceptors (Lipinski definition) is 2. The van der Waals surface area contributed by atoms with Crippen LogP contribution in [-0.2, 0) is 9.59 Å². The van der Waals surface area contributed by atoms with Crippen molar-refractivity contribution >= 4 is 11.9 Å². The number of benzene rings is 1. The van der Waals surface area contributed by atoms with Crippen molar-refractivity contribution in [1.29, 1.82) is 0 Å². The van der Waals surface area contributed by atoms with E-state index in [0.29, 0.717) is 0 Å². The molecule has 4 nitrogen and oxygen atoms in total. The molecule has 0 heterocycles. The lowest BCUT2D eigenvalue weighted by molar-refractivity contribution is -0.149. The van der Waals surface area contributed by atoms with Crippen molar-refractivity contribution in [2.24, 2.45) is 23.7 Å². The van der Waals surface area contributed by atoms with Crippen LogP contribution in [0.3, 0.4) is 0 Å². The van der Waals surface area contributed by atoms with E-state index in [9.17, 15) is 14.7 Å². The Balaban J connectivity index is 1.74. The first-order chi connectivity index (χ1) is 10.9. The molecule has 2 aliphatic carbocycles. The Morgan fingerprint density at radius 2 is 1.83 bits per heavy atom. The first-order valence-corrected chi connectivity index (χ1v) is 8.48. The third-order valence-electron chi connectivity index (χ3n) is 5.75. The minimum atomic E-state index is -0.809. The lowest BCUT2D eigenvalue weighted by Gasteiger charge is -2.28. The van der Waals surface area contributed by atoms with Gasteiger partial charge in [-0.3, -0.25) is 9.59 Å². The summed E-state index contributed by atoms with van der Waals surface area (Å²) < 4.78 is 0. The zero-order valence-corrected chi connectivity index (χ0v) is 14.0. The van der Waals surface area contributed by atoms with Crippen molar-refractivity contribution in [3.63, 3.8) is 0 Å². The van der Waals surface area contributed by atoms with Gasteiger partial charge in [0.05, 0.1) is 17.9 Å². The third kappa shape index (κ3) is 2.87. The number of carbonyl (C=O) groups is 2. The van der Waals surface area contributed by atoms with Gasteiger partial charge in [-0.1, -0.05) is 23.8 Å². The van der Waals surface area contributed by atoms with Crippen LogP contribution in [0.25, 0.3) is 0 Å². The second-order valence-corrected chi connectivity index (χ2v) is 7.31. The lowest BCUT2D eigenvalue weighted by Crippen LogP contribution is -2.42. The molecule has 2 aliphatic rings. The van der Waals surface area contributed by atoms with Crippen molar-refractivity contribution in [3.8, 4) is 0 Å². The van der Waals surface area contributed by atoms with E-state index in [0.717, 1.165) is 30.4 Å². The quantitative estimate of drug-likeness (QED) is 0.896. The molecule has 124 valence electrons. The molecule has 2 N–H and O–H groups in total. The number of aryl methyl sites for hydroxylation is 2. The summed E-state index contributed by atoms with van der Waals surface area (Å²) in [5.74, 6) is -1.33. The first kappa shape index (κ1) is 16.0. The van der Waals surface area contributed by atoms with Gasteiger partial charge in [-0.2, -0.15) is 0 Å². The summed E-state index contributed by atoms with van der Waals surface area (Å²) in [6.07, 6.45) is 2.84. The molecular formula is C19H25NO3. The predicted molar refractivity (Wildman–Crippen MR) is 87.9 cm³/mol. The maximum absolute atomic E-state index is 12.7. The number of rotatable bonds is 4. The molecular weight excluding hydrogens is 290 g/mol. The van der Waals surface area contributed by atoms with Crippen molar-refractivity contribution in [1.82, 2.24) is 5.32 Å². The molecule has 4 heteroatoms. The van der Waals surface area contributed by atoms with Crippen LogP contribution in [0.15, 0.2) is 18.2 Å². The highest BCUT2D eigenvalue weighted by Crippen LogP contribution is 2.52. The number of carboxylic acid groups (broad SMARTS) is 1. The Kier molecular flexibility index (Phi) is 4.17. The summed E-state index contributed by atoms with van der Waals surface area (Å²) >= 11 is 0. The zero-order chi connectivity index (χ0) is 16.7. The summed E-state index contributed by atoms with van der Waals surface area (Å²) in [5, 5.41) is 12.6. The Labute approximate surface area is 137 Å². The molecule has 2 bridgehead atoms. The van der Waals surface area contributed by atoms with Gasteiger partial charge < -0.3 is 10.4 Å². The van der Waals surface area contributed by atoms with Crippen LogP contribution in [0, 0.1) is 37.5 Å². The summed E-state index contributed by atoms with van der Waals surface area (Å²) in [6, 6.07) is 6.10. The summed E-state index contributed by atoms with van der Waals surface area (Å²) in [5.41, 5.74) is 3.45. The fourth-order valence-corrected chi connectivity index (χ4v) is 4.72. The van der Waals surface area contributed by atoms with Crippen molar-refractivity contribution in [3.05, 3.63) is 34.9 Å². The summed E-state index contributed by atoms with van der Waals surface area (Å²) in [4.78, 5) is 24.3. The van der Waals surface area contributed by atoms with E-state index in [1.165, 1.54) is 5.56 Å².